The Balaban J connectivity index is 1.71. The number of hydrogen-bond donors (Lipinski definition) is 1. The predicted octanol–water partition coefficient (Wildman–Crippen LogP) is 4.03. The maximum absolute atomic E-state index is 12.6. The molecule has 2 aromatic carbocycles. The summed E-state index contributed by atoms with van der Waals surface area (Å²) in [4.78, 5) is 12.6. The number of carbonyl (C=O) groups is 1. The molecule has 0 aliphatic rings. The zero-order valence-corrected chi connectivity index (χ0v) is 18.9. The van der Waals surface area contributed by atoms with Gasteiger partial charge in [-0.3, -0.25) is 10.1 Å². The van der Waals surface area contributed by atoms with Crippen molar-refractivity contribution in [3.05, 3.63) is 59.2 Å². The highest BCUT2D eigenvalue weighted by Gasteiger charge is 2.21. The first-order valence-corrected chi connectivity index (χ1v) is 11.4. The molecule has 0 unspecified atom stereocenters. The molecule has 1 N–H and O–H groups in total. The van der Waals surface area contributed by atoms with Gasteiger partial charge < -0.3 is 4.42 Å². The van der Waals surface area contributed by atoms with Crippen molar-refractivity contribution >= 4 is 21.9 Å². The van der Waals surface area contributed by atoms with Crippen LogP contribution in [0.4, 0.5) is 6.01 Å². The molecule has 0 bridgehead atoms. The number of sulfonamides is 1. The molecule has 31 heavy (non-hydrogen) atoms. The van der Waals surface area contributed by atoms with E-state index in [9.17, 15) is 13.2 Å². The molecule has 1 heterocycles. The lowest BCUT2D eigenvalue weighted by Crippen LogP contribution is -2.28. The highest BCUT2D eigenvalue weighted by molar-refractivity contribution is 7.89. The second kappa shape index (κ2) is 9.40. The van der Waals surface area contributed by atoms with Crippen molar-refractivity contribution in [3.8, 4) is 11.5 Å². The highest BCUT2D eigenvalue weighted by atomic mass is 32.2. The number of aromatic nitrogens is 2. The third kappa shape index (κ3) is 5.18. The molecule has 3 aromatic rings. The first kappa shape index (κ1) is 22.6. The Labute approximate surface area is 182 Å². The number of rotatable bonds is 8. The Morgan fingerprint density at radius 2 is 1.81 bits per heavy atom. The topological polar surface area (TPSA) is 105 Å². The lowest BCUT2D eigenvalue weighted by atomic mass is 10.1. The molecule has 0 aliphatic heterocycles. The van der Waals surface area contributed by atoms with Crippen LogP contribution in [-0.4, -0.2) is 42.4 Å². The first-order chi connectivity index (χ1) is 14.7. The van der Waals surface area contributed by atoms with Crippen molar-refractivity contribution < 1.29 is 17.6 Å². The number of carbonyl (C=O) groups excluding carboxylic acids is 1. The van der Waals surface area contributed by atoms with Crippen LogP contribution in [0, 0.1) is 13.8 Å². The van der Waals surface area contributed by atoms with Gasteiger partial charge in [-0.05, 0) is 56.2 Å². The minimum Gasteiger partial charge on any atom is -0.403 e. The fourth-order valence-corrected chi connectivity index (χ4v) is 4.27. The van der Waals surface area contributed by atoms with Crippen LogP contribution in [0.5, 0.6) is 0 Å². The van der Waals surface area contributed by atoms with E-state index in [-0.39, 0.29) is 16.5 Å². The fraction of sp³-hybridized carbons (Fsp3) is 0.318. The van der Waals surface area contributed by atoms with Crippen molar-refractivity contribution in [2.24, 2.45) is 0 Å². The Morgan fingerprint density at radius 1 is 1.10 bits per heavy atom. The minimum absolute atomic E-state index is 0.0315. The number of nitrogens with zero attached hydrogens (tertiary/aromatic N) is 3. The van der Waals surface area contributed by atoms with E-state index >= 15 is 0 Å². The second-order valence-electron chi connectivity index (χ2n) is 7.39. The lowest BCUT2D eigenvalue weighted by Gasteiger charge is -2.16. The van der Waals surface area contributed by atoms with E-state index < -0.39 is 15.9 Å². The van der Waals surface area contributed by atoms with Crippen LogP contribution in [-0.2, 0) is 10.0 Å². The van der Waals surface area contributed by atoms with Gasteiger partial charge in [-0.15, -0.1) is 5.10 Å². The van der Waals surface area contributed by atoms with Gasteiger partial charge >= 0.3 is 6.01 Å². The van der Waals surface area contributed by atoms with E-state index in [1.165, 1.54) is 28.6 Å². The molecule has 1 aromatic heterocycles. The zero-order chi connectivity index (χ0) is 22.6. The molecular formula is C22H26N4O4S. The van der Waals surface area contributed by atoms with Gasteiger partial charge in [-0.2, -0.15) is 0 Å². The van der Waals surface area contributed by atoms with Crippen LogP contribution in [0.1, 0.15) is 41.3 Å². The third-order valence-corrected chi connectivity index (χ3v) is 6.78. The van der Waals surface area contributed by atoms with Gasteiger partial charge in [0.2, 0.25) is 15.9 Å². The van der Waals surface area contributed by atoms with Crippen molar-refractivity contribution in [1.82, 2.24) is 14.5 Å². The summed E-state index contributed by atoms with van der Waals surface area (Å²) in [7, 11) is -2.04. The number of amides is 1. The summed E-state index contributed by atoms with van der Waals surface area (Å²) in [5, 5.41) is 10.4. The Kier molecular flexibility index (Phi) is 6.87. The van der Waals surface area contributed by atoms with Crippen molar-refractivity contribution in [2.75, 3.05) is 18.9 Å². The molecule has 8 nitrogen and oxygen atoms in total. The maximum atomic E-state index is 12.6. The Bertz CT molecular complexity index is 1170. The predicted molar refractivity (Wildman–Crippen MR) is 118 cm³/mol. The summed E-state index contributed by atoms with van der Waals surface area (Å²) in [5.41, 5.74) is 3.18. The van der Waals surface area contributed by atoms with Gasteiger partial charge in [0.25, 0.3) is 5.91 Å². The molecule has 164 valence electrons. The SMILES string of the molecule is CCCCN(C)S(=O)(=O)c1ccc(C(=O)Nc2nnc(-c3ccc(C)cc3C)o2)cc1. The van der Waals surface area contributed by atoms with E-state index in [0.717, 1.165) is 29.5 Å². The smallest absolute Gasteiger partial charge is 0.322 e. The van der Waals surface area contributed by atoms with Gasteiger partial charge in [0.1, 0.15) is 0 Å². The van der Waals surface area contributed by atoms with Crippen LogP contribution in [0.3, 0.4) is 0 Å². The molecule has 0 saturated carbocycles. The van der Waals surface area contributed by atoms with E-state index in [1.54, 1.807) is 7.05 Å². The molecule has 1 amide bonds. The molecule has 0 radical (unpaired) electrons. The summed E-state index contributed by atoms with van der Waals surface area (Å²) >= 11 is 0. The van der Waals surface area contributed by atoms with E-state index in [4.69, 9.17) is 4.42 Å². The summed E-state index contributed by atoms with van der Waals surface area (Å²) < 4.78 is 32.1. The van der Waals surface area contributed by atoms with Crippen molar-refractivity contribution in [2.45, 2.75) is 38.5 Å². The Morgan fingerprint density at radius 3 is 2.45 bits per heavy atom. The maximum Gasteiger partial charge on any atom is 0.322 e. The van der Waals surface area contributed by atoms with Crippen LogP contribution in [0.25, 0.3) is 11.5 Å². The van der Waals surface area contributed by atoms with E-state index in [0.29, 0.717) is 12.4 Å². The summed E-state index contributed by atoms with van der Waals surface area (Å²) in [6.45, 7) is 6.39. The van der Waals surface area contributed by atoms with E-state index in [2.05, 4.69) is 15.5 Å². The third-order valence-electron chi connectivity index (χ3n) is 4.91. The molecule has 0 saturated heterocycles. The minimum atomic E-state index is -3.59. The van der Waals surface area contributed by atoms with Crippen LogP contribution >= 0.6 is 0 Å². The van der Waals surface area contributed by atoms with Crippen LogP contribution in [0.15, 0.2) is 51.8 Å². The van der Waals surface area contributed by atoms with Gasteiger partial charge in [-0.1, -0.05) is 36.1 Å². The van der Waals surface area contributed by atoms with Crippen LogP contribution < -0.4 is 5.32 Å². The quantitative estimate of drug-likeness (QED) is 0.565. The molecule has 3 rings (SSSR count). The first-order valence-electron chi connectivity index (χ1n) is 10.0. The second-order valence-corrected chi connectivity index (χ2v) is 9.43. The van der Waals surface area contributed by atoms with Crippen LogP contribution in [0.2, 0.25) is 0 Å². The molecular weight excluding hydrogens is 416 g/mol. The number of benzene rings is 2. The number of anilines is 1. The summed E-state index contributed by atoms with van der Waals surface area (Å²) in [6, 6.07) is 11.6. The van der Waals surface area contributed by atoms with Crippen molar-refractivity contribution in [3.63, 3.8) is 0 Å². The monoisotopic (exact) mass is 442 g/mol. The van der Waals surface area contributed by atoms with Crippen molar-refractivity contribution in [1.29, 1.82) is 0 Å². The average molecular weight is 443 g/mol. The average Bonchev–Trinajstić information content (AvgIpc) is 3.20. The lowest BCUT2D eigenvalue weighted by molar-refractivity contribution is 0.102. The summed E-state index contributed by atoms with van der Waals surface area (Å²) in [5.74, 6) is -0.163. The number of nitrogens with one attached hydrogen (secondary N) is 1. The molecule has 9 heteroatoms. The zero-order valence-electron chi connectivity index (χ0n) is 18.0. The molecule has 0 spiro atoms. The van der Waals surface area contributed by atoms with E-state index in [1.807, 2.05) is 39.0 Å². The largest absolute Gasteiger partial charge is 0.403 e. The Hall–Kier alpha value is -3.04. The van der Waals surface area contributed by atoms with Gasteiger partial charge in [0.15, 0.2) is 0 Å². The number of unbranched alkanes of at least 4 members (excludes halogenated alkanes) is 1. The fourth-order valence-electron chi connectivity index (χ4n) is 3.06. The molecule has 0 atom stereocenters. The standard InChI is InChI=1S/C22H26N4O4S/c1-5-6-13-26(4)31(28,29)18-10-8-17(9-11-18)20(27)23-22-25-24-21(30-22)19-12-7-15(2)14-16(19)3/h7-12,14H,5-6,13H2,1-4H3,(H,23,25,27). The molecule has 0 fully saturated rings. The van der Waals surface area contributed by atoms with Gasteiger partial charge in [0, 0.05) is 24.7 Å². The molecule has 0 aliphatic carbocycles. The van der Waals surface area contributed by atoms with Gasteiger partial charge in [0.05, 0.1) is 4.90 Å². The van der Waals surface area contributed by atoms with Gasteiger partial charge in [-0.25, -0.2) is 12.7 Å². The summed E-state index contributed by atoms with van der Waals surface area (Å²) in [6.07, 6.45) is 1.68. The normalized spacial score (nSPS) is 11.6. The number of aryl methyl sites for hydroxylation is 2. The highest BCUT2D eigenvalue weighted by Crippen LogP contribution is 2.24. The number of hydrogen-bond acceptors (Lipinski definition) is 6.